The van der Waals surface area contributed by atoms with E-state index in [1.54, 1.807) is 6.07 Å². The van der Waals surface area contributed by atoms with Crippen molar-refractivity contribution in [2.75, 3.05) is 18.0 Å². The topological polar surface area (TPSA) is 137 Å². The quantitative estimate of drug-likeness (QED) is 0.274. The fourth-order valence-corrected chi connectivity index (χ4v) is 7.88. The van der Waals surface area contributed by atoms with Crippen LogP contribution in [0, 0.1) is 16.7 Å². The predicted octanol–water partition coefficient (Wildman–Crippen LogP) is 5.80. The van der Waals surface area contributed by atoms with E-state index in [1.807, 2.05) is 38.2 Å². The summed E-state index contributed by atoms with van der Waals surface area (Å²) in [5.74, 6) is 0.706. The molecule has 1 saturated heterocycles. The number of aromatic amines is 1. The lowest BCUT2D eigenvalue weighted by molar-refractivity contribution is 0.169. The number of rotatable bonds is 6. The van der Waals surface area contributed by atoms with E-state index in [4.69, 9.17) is 38.3 Å². The molecule has 0 amide bonds. The van der Waals surface area contributed by atoms with Crippen LogP contribution in [0.25, 0.3) is 11.0 Å². The van der Waals surface area contributed by atoms with E-state index in [2.05, 4.69) is 32.2 Å². The second-order valence-electron chi connectivity index (χ2n) is 11.3. The van der Waals surface area contributed by atoms with Gasteiger partial charge in [0.1, 0.15) is 11.1 Å². The van der Waals surface area contributed by atoms with Crippen LogP contribution in [0.3, 0.4) is 0 Å². The number of benzene rings is 1. The number of H-pyrrole nitrogens is 1. The fourth-order valence-electron chi connectivity index (χ4n) is 6.13. The molecule has 13 heteroatoms. The first-order valence-corrected chi connectivity index (χ1v) is 16.0. The van der Waals surface area contributed by atoms with Crippen LogP contribution in [0.5, 0.6) is 0 Å². The molecule has 3 N–H and O–H groups in total. The summed E-state index contributed by atoms with van der Waals surface area (Å²) in [6, 6.07) is 11.8. The number of hydrogen-bond acceptors (Lipinski definition) is 8. The highest BCUT2D eigenvalue weighted by molar-refractivity contribution is 7.99. The molecule has 0 bridgehead atoms. The van der Waals surface area contributed by atoms with E-state index in [1.165, 1.54) is 17.3 Å². The van der Waals surface area contributed by atoms with Gasteiger partial charge in [-0.15, -0.1) is 0 Å². The molecule has 1 fully saturated rings. The number of nitrogens with two attached hydrogens (primary N) is 1. The number of fused-ring (bicyclic) bond motifs is 2. The molecule has 0 saturated carbocycles. The number of halogens is 2. The zero-order chi connectivity index (χ0) is 28.9. The van der Waals surface area contributed by atoms with Crippen LogP contribution >= 0.6 is 35.0 Å². The van der Waals surface area contributed by atoms with Crippen molar-refractivity contribution in [1.82, 2.24) is 25.1 Å². The predicted molar refractivity (Wildman–Crippen MR) is 163 cm³/mol. The third-order valence-electron chi connectivity index (χ3n) is 8.45. The van der Waals surface area contributed by atoms with Crippen LogP contribution in [0.15, 0.2) is 46.5 Å². The fraction of sp³-hybridized carbons (Fsp3) is 0.393. The Morgan fingerprint density at radius 3 is 2.76 bits per heavy atom. The third kappa shape index (κ3) is 5.10. The largest absolute Gasteiger partial charge is 0.341 e. The monoisotopic (exact) mass is 626 g/mol. The van der Waals surface area contributed by atoms with E-state index in [9.17, 15) is 9.47 Å². The van der Waals surface area contributed by atoms with Crippen LogP contribution in [-0.4, -0.2) is 47.2 Å². The van der Waals surface area contributed by atoms with E-state index in [0.717, 1.165) is 49.4 Å². The molecule has 1 aliphatic carbocycles. The molecule has 6 rings (SSSR count). The Hall–Kier alpha value is -2.75. The highest BCUT2D eigenvalue weighted by Gasteiger charge is 2.50. The Kier molecular flexibility index (Phi) is 7.49. The number of aromatic nitrogens is 5. The van der Waals surface area contributed by atoms with E-state index in [-0.39, 0.29) is 17.0 Å². The van der Waals surface area contributed by atoms with Crippen LogP contribution < -0.4 is 10.0 Å². The minimum absolute atomic E-state index is 0.0139. The number of anilines is 1. The van der Waals surface area contributed by atoms with Crippen molar-refractivity contribution < 1.29 is 4.21 Å². The maximum atomic E-state index is 12.4. The lowest BCUT2D eigenvalue weighted by atomic mass is 9.67. The van der Waals surface area contributed by atoms with Crippen molar-refractivity contribution in [2.24, 2.45) is 10.6 Å². The normalized spacial score (nSPS) is 18.9. The van der Waals surface area contributed by atoms with Gasteiger partial charge < -0.3 is 4.90 Å². The third-order valence-corrected chi connectivity index (χ3v) is 11.7. The Bertz CT molecular complexity index is 1710. The second-order valence-corrected chi connectivity index (χ2v) is 14.8. The van der Waals surface area contributed by atoms with Gasteiger partial charge >= 0.3 is 0 Å². The zero-order valence-electron chi connectivity index (χ0n) is 22.5. The van der Waals surface area contributed by atoms with Crippen LogP contribution in [0.4, 0.5) is 5.95 Å². The van der Waals surface area contributed by atoms with Gasteiger partial charge in [0.15, 0.2) is 11.3 Å². The average Bonchev–Trinajstić information content (AvgIpc) is 3.49. The number of hydrogen-bond donors (Lipinski definition) is 2. The molecule has 1 aliphatic heterocycles. The van der Waals surface area contributed by atoms with Gasteiger partial charge in [-0.1, -0.05) is 47.1 Å². The Labute approximate surface area is 254 Å². The number of nitriles is 1. The molecule has 1 aromatic carbocycles. The average molecular weight is 628 g/mol. The van der Waals surface area contributed by atoms with Gasteiger partial charge in [-0.05, 0) is 74.6 Å². The highest BCUT2D eigenvalue weighted by atomic mass is 35.5. The lowest BCUT2D eigenvalue weighted by Crippen LogP contribution is -2.45. The molecule has 2 atom stereocenters. The molecule has 2 aliphatic rings. The Morgan fingerprint density at radius 2 is 2.02 bits per heavy atom. The van der Waals surface area contributed by atoms with Crippen molar-refractivity contribution >= 4 is 62.9 Å². The molecule has 4 aromatic rings. The van der Waals surface area contributed by atoms with E-state index < -0.39 is 15.7 Å². The first-order chi connectivity index (χ1) is 19.6. The first kappa shape index (κ1) is 28.4. The molecular weight excluding hydrogens is 599 g/mol. The van der Waals surface area contributed by atoms with Crippen molar-refractivity contribution in [3.05, 3.63) is 63.5 Å². The van der Waals surface area contributed by atoms with Gasteiger partial charge in [-0.2, -0.15) is 15.3 Å². The smallest absolute Gasteiger partial charge is 0.228 e. The molecule has 4 heterocycles. The molecule has 3 aromatic heterocycles. The SMILES string of the molecule is CC(C)(C[C@@H]1c2cccnc2CC12CCN(c1nc(C#N)c3c(Sc4cccc(Cl)c4Cl)n[nH]c3n1)CC2)S(N)=O. The molecule has 0 radical (unpaired) electrons. The van der Waals surface area contributed by atoms with Gasteiger partial charge in [0.05, 0.1) is 31.2 Å². The van der Waals surface area contributed by atoms with Crippen molar-refractivity contribution in [3.63, 3.8) is 0 Å². The van der Waals surface area contributed by atoms with Gasteiger partial charge in [0.25, 0.3) is 0 Å². The second kappa shape index (κ2) is 10.8. The molecule has 1 unspecified atom stereocenters. The summed E-state index contributed by atoms with van der Waals surface area (Å²) in [5, 5.41) is 25.3. The van der Waals surface area contributed by atoms with Crippen molar-refractivity contribution in [1.29, 1.82) is 5.26 Å². The van der Waals surface area contributed by atoms with Gasteiger partial charge in [-0.25, -0.2) is 9.19 Å². The lowest BCUT2D eigenvalue weighted by Gasteiger charge is -2.45. The van der Waals surface area contributed by atoms with Crippen molar-refractivity contribution in [3.8, 4) is 6.07 Å². The molecular formula is C28H28Cl2N8OS2. The van der Waals surface area contributed by atoms with Crippen LogP contribution in [0.2, 0.25) is 10.0 Å². The first-order valence-electron chi connectivity index (χ1n) is 13.2. The number of pyridine rings is 1. The molecule has 9 nitrogen and oxygen atoms in total. The minimum Gasteiger partial charge on any atom is -0.341 e. The summed E-state index contributed by atoms with van der Waals surface area (Å²) in [6.45, 7) is 5.40. The van der Waals surface area contributed by atoms with E-state index in [0.29, 0.717) is 32.1 Å². The minimum atomic E-state index is -1.44. The number of nitrogens with zero attached hydrogens (tertiary/aromatic N) is 6. The van der Waals surface area contributed by atoms with Crippen LogP contribution in [-0.2, 0) is 17.4 Å². The summed E-state index contributed by atoms with van der Waals surface area (Å²) in [4.78, 5) is 17.0. The van der Waals surface area contributed by atoms with Crippen molar-refractivity contribution in [2.45, 2.75) is 60.1 Å². The molecule has 41 heavy (non-hydrogen) atoms. The summed E-state index contributed by atoms with van der Waals surface area (Å²) in [5.41, 5.74) is 3.10. The molecule has 1 spiro atoms. The summed E-state index contributed by atoms with van der Waals surface area (Å²) >= 11 is 13.9. The van der Waals surface area contributed by atoms with Crippen LogP contribution in [0.1, 0.15) is 56.0 Å². The standard InChI is InChI=1S/C28H28Cl2N8OS2/c1-27(2,41(32)39)13-17-16-5-4-10-33-19(16)14-28(17)8-11-38(12-9-28)26-34-20(15-31)22-24(35-26)36-37-25(22)40-21-7-3-6-18(29)23(21)30/h3-7,10,17H,8-9,11-14,32H2,1-2H3,(H,34,35,36,37)/t17-,41?/m1/s1. The number of nitrogens with one attached hydrogen (secondary N) is 1. The van der Waals surface area contributed by atoms with Gasteiger partial charge in [0.2, 0.25) is 5.95 Å². The summed E-state index contributed by atoms with van der Waals surface area (Å²) in [7, 11) is -1.44. The Balaban J connectivity index is 1.27. The zero-order valence-corrected chi connectivity index (χ0v) is 25.7. The maximum absolute atomic E-state index is 12.4. The maximum Gasteiger partial charge on any atom is 0.228 e. The van der Waals surface area contributed by atoms with Gasteiger partial charge in [-0.3, -0.25) is 15.2 Å². The van der Waals surface area contributed by atoms with E-state index >= 15 is 0 Å². The highest BCUT2D eigenvalue weighted by Crippen LogP contribution is 2.56. The summed E-state index contributed by atoms with van der Waals surface area (Å²) < 4.78 is 11.9. The number of piperidine rings is 1. The van der Waals surface area contributed by atoms with Gasteiger partial charge in [0, 0.05) is 29.9 Å². The summed E-state index contributed by atoms with van der Waals surface area (Å²) in [6.07, 6.45) is 5.23. The Morgan fingerprint density at radius 1 is 1.24 bits per heavy atom. The molecule has 212 valence electrons.